The predicted octanol–water partition coefficient (Wildman–Crippen LogP) is 3.12. The third kappa shape index (κ3) is 2.10. The number of rotatable bonds is 4. The van der Waals surface area contributed by atoms with Crippen LogP contribution in [0.5, 0.6) is 0 Å². The Bertz CT molecular complexity index is 603. The van der Waals surface area contributed by atoms with Crippen LogP contribution in [0.15, 0.2) is 42.5 Å². The van der Waals surface area contributed by atoms with Gasteiger partial charge in [-0.05, 0) is 22.3 Å². The van der Waals surface area contributed by atoms with Gasteiger partial charge in [0.1, 0.15) is 5.54 Å². The van der Waals surface area contributed by atoms with Crippen molar-refractivity contribution in [3.05, 3.63) is 48.0 Å². The highest BCUT2D eigenvalue weighted by Crippen LogP contribution is 2.34. The van der Waals surface area contributed by atoms with Gasteiger partial charge in [-0.3, -0.25) is 0 Å². The highest BCUT2D eigenvalue weighted by atomic mass is 16.4. The largest absolute Gasteiger partial charge is 0.480 e. The van der Waals surface area contributed by atoms with E-state index in [-0.39, 0.29) is 5.92 Å². The molecule has 0 amide bonds. The molecule has 0 aliphatic carbocycles. The van der Waals surface area contributed by atoms with E-state index in [0.29, 0.717) is 12.0 Å². The number of carbonyl (C=O) groups is 1. The first-order valence-corrected chi connectivity index (χ1v) is 6.52. The first kappa shape index (κ1) is 13.6. The van der Waals surface area contributed by atoms with Gasteiger partial charge in [-0.2, -0.15) is 0 Å². The van der Waals surface area contributed by atoms with Crippen molar-refractivity contribution in [2.45, 2.75) is 25.8 Å². The van der Waals surface area contributed by atoms with Crippen LogP contribution in [-0.4, -0.2) is 11.1 Å². The average Bonchev–Trinajstić information content (AvgIpc) is 2.44. The Morgan fingerprint density at radius 2 is 1.89 bits per heavy atom. The molecule has 2 atom stereocenters. The molecule has 0 aliphatic heterocycles. The molecule has 3 nitrogen and oxygen atoms in total. The van der Waals surface area contributed by atoms with Crippen molar-refractivity contribution in [2.75, 3.05) is 0 Å². The average molecular weight is 257 g/mol. The quantitative estimate of drug-likeness (QED) is 0.884. The van der Waals surface area contributed by atoms with Gasteiger partial charge in [0.25, 0.3) is 0 Å². The smallest absolute Gasteiger partial charge is 0.328 e. The van der Waals surface area contributed by atoms with E-state index in [2.05, 4.69) is 0 Å². The Hall–Kier alpha value is -1.87. The van der Waals surface area contributed by atoms with Crippen molar-refractivity contribution >= 4 is 16.7 Å². The zero-order valence-electron chi connectivity index (χ0n) is 11.3. The maximum absolute atomic E-state index is 11.7. The van der Waals surface area contributed by atoms with E-state index in [1.807, 2.05) is 56.3 Å². The number of benzene rings is 2. The molecule has 0 aliphatic rings. The van der Waals surface area contributed by atoms with Gasteiger partial charge in [0, 0.05) is 0 Å². The van der Waals surface area contributed by atoms with E-state index in [0.717, 1.165) is 10.8 Å². The summed E-state index contributed by atoms with van der Waals surface area (Å²) in [6.07, 6.45) is 0.714. The molecule has 2 aromatic rings. The van der Waals surface area contributed by atoms with Crippen molar-refractivity contribution in [3.63, 3.8) is 0 Å². The minimum Gasteiger partial charge on any atom is -0.480 e. The fourth-order valence-corrected chi connectivity index (χ4v) is 2.50. The van der Waals surface area contributed by atoms with E-state index in [1.165, 1.54) is 0 Å². The summed E-state index contributed by atoms with van der Waals surface area (Å²) in [5, 5.41) is 11.5. The van der Waals surface area contributed by atoms with Crippen molar-refractivity contribution in [1.29, 1.82) is 0 Å². The molecule has 0 fully saturated rings. The Kier molecular flexibility index (Phi) is 3.58. The second-order valence-corrected chi connectivity index (χ2v) is 5.01. The summed E-state index contributed by atoms with van der Waals surface area (Å²) in [6, 6.07) is 13.4. The fraction of sp³-hybridized carbons (Fsp3) is 0.312. The van der Waals surface area contributed by atoms with Crippen LogP contribution in [0.1, 0.15) is 25.8 Å². The van der Waals surface area contributed by atoms with Gasteiger partial charge in [-0.1, -0.05) is 62.7 Å². The molecule has 2 rings (SSSR count). The standard InChI is InChI=1S/C16H19NO2/c1-3-11(2)16(17,15(18)19)14-10-6-8-12-7-4-5-9-13(12)14/h4-11H,3,17H2,1-2H3,(H,18,19)/t11-,16+/m0/s1. The normalized spacial score (nSPS) is 15.9. The summed E-state index contributed by atoms with van der Waals surface area (Å²) in [6.45, 7) is 3.84. The van der Waals surface area contributed by atoms with Crippen LogP contribution in [0.2, 0.25) is 0 Å². The van der Waals surface area contributed by atoms with Gasteiger partial charge in [-0.15, -0.1) is 0 Å². The molecule has 0 saturated heterocycles. The van der Waals surface area contributed by atoms with Crippen molar-refractivity contribution in [2.24, 2.45) is 11.7 Å². The molecule has 2 aromatic carbocycles. The Morgan fingerprint density at radius 3 is 2.53 bits per heavy atom. The molecule has 3 N–H and O–H groups in total. The second kappa shape index (κ2) is 5.02. The second-order valence-electron chi connectivity index (χ2n) is 5.01. The number of hydrogen-bond acceptors (Lipinski definition) is 2. The third-order valence-corrected chi connectivity index (χ3v) is 3.98. The Morgan fingerprint density at radius 1 is 1.26 bits per heavy atom. The molecule has 0 heterocycles. The van der Waals surface area contributed by atoms with Crippen molar-refractivity contribution in [1.82, 2.24) is 0 Å². The first-order chi connectivity index (χ1) is 9.01. The van der Waals surface area contributed by atoms with Gasteiger partial charge >= 0.3 is 5.97 Å². The van der Waals surface area contributed by atoms with E-state index >= 15 is 0 Å². The van der Waals surface area contributed by atoms with E-state index < -0.39 is 11.5 Å². The van der Waals surface area contributed by atoms with Crippen LogP contribution in [0, 0.1) is 5.92 Å². The molecule has 100 valence electrons. The predicted molar refractivity (Wildman–Crippen MR) is 76.9 cm³/mol. The lowest BCUT2D eigenvalue weighted by Gasteiger charge is -2.32. The fourth-order valence-electron chi connectivity index (χ4n) is 2.50. The van der Waals surface area contributed by atoms with Crippen molar-refractivity contribution < 1.29 is 9.90 Å². The number of carboxylic acid groups (broad SMARTS) is 1. The van der Waals surface area contributed by atoms with Gasteiger partial charge in [0.05, 0.1) is 0 Å². The zero-order valence-corrected chi connectivity index (χ0v) is 11.3. The van der Waals surface area contributed by atoms with E-state index in [1.54, 1.807) is 0 Å². The summed E-state index contributed by atoms with van der Waals surface area (Å²) in [5.74, 6) is -1.12. The van der Waals surface area contributed by atoms with Gasteiger partial charge in [-0.25, -0.2) is 4.79 Å². The van der Waals surface area contributed by atoms with Crippen molar-refractivity contribution in [3.8, 4) is 0 Å². The number of fused-ring (bicyclic) bond motifs is 1. The molecule has 0 spiro atoms. The first-order valence-electron chi connectivity index (χ1n) is 6.52. The Balaban J connectivity index is 2.73. The zero-order chi connectivity index (χ0) is 14.0. The van der Waals surface area contributed by atoms with Gasteiger partial charge < -0.3 is 10.8 Å². The number of nitrogens with two attached hydrogens (primary N) is 1. The minimum atomic E-state index is -1.35. The summed E-state index contributed by atoms with van der Waals surface area (Å²) in [7, 11) is 0. The summed E-state index contributed by atoms with van der Waals surface area (Å²) < 4.78 is 0. The monoisotopic (exact) mass is 257 g/mol. The molecule has 0 bridgehead atoms. The van der Waals surface area contributed by atoms with Crippen LogP contribution in [0.25, 0.3) is 10.8 Å². The summed E-state index contributed by atoms with van der Waals surface area (Å²) >= 11 is 0. The SMILES string of the molecule is CC[C@H](C)[C@](N)(C(=O)O)c1cccc2ccccc12. The molecule has 3 heteroatoms. The lowest BCUT2D eigenvalue weighted by Crippen LogP contribution is -2.50. The van der Waals surface area contributed by atoms with Gasteiger partial charge in [0.15, 0.2) is 0 Å². The lowest BCUT2D eigenvalue weighted by atomic mass is 9.76. The third-order valence-electron chi connectivity index (χ3n) is 3.98. The molecular weight excluding hydrogens is 238 g/mol. The highest BCUT2D eigenvalue weighted by Gasteiger charge is 2.41. The lowest BCUT2D eigenvalue weighted by molar-refractivity contribution is -0.145. The molecule has 0 saturated carbocycles. The van der Waals surface area contributed by atoms with Gasteiger partial charge in [0.2, 0.25) is 0 Å². The number of hydrogen-bond donors (Lipinski definition) is 2. The highest BCUT2D eigenvalue weighted by molar-refractivity contribution is 5.92. The van der Waals surface area contributed by atoms with E-state index in [9.17, 15) is 9.90 Å². The van der Waals surface area contributed by atoms with E-state index in [4.69, 9.17) is 5.73 Å². The molecule has 0 aromatic heterocycles. The molecule has 0 unspecified atom stereocenters. The van der Waals surface area contributed by atoms with Crippen LogP contribution in [-0.2, 0) is 10.3 Å². The number of aliphatic carboxylic acids is 1. The molecule has 0 radical (unpaired) electrons. The Labute approximate surface area is 113 Å². The minimum absolute atomic E-state index is 0.143. The van der Waals surface area contributed by atoms with Crippen LogP contribution < -0.4 is 5.73 Å². The summed E-state index contributed by atoms with van der Waals surface area (Å²) in [4.78, 5) is 11.7. The number of carboxylic acids is 1. The maximum Gasteiger partial charge on any atom is 0.328 e. The molecular formula is C16H19NO2. The topological polar surface area (TPSA) is 63.3 Å². The van der Waals surface area contributed by atoms with Crippen LogP contribution in [0.4, 0.5) is 0 Å². The van der Waals surface area contributed by atoms with Crippen LogP contribution >= 0.6 is 0 Å². The summed E-state index contributed by atoms with van der Waals surface area (Å²) in [5.41, 5.74) is 5.62. The van der Waals surface area contributed by atoms with Crippen LogP contribution in [0.3, 0.4) is 0 Å². The molecule has 19 heavy (non-hydrogen) atoms. The maximum atomic E-state index is 11.7.